The summed E-state index contributed by atoms with van der Waals surface area (Å²) >= 11 is 0. The molecule has 1 heterocycles. The smallest absolute Gasteiger partial charge is 0.255 e. The summed E-state index contributed by atoms with van der Waals surface area (Å²) in [5, 5.41) is 0. The lowest BCUT2D eigenvalue weighted by Crippen LogP contribution is -2.25. The third-order valence-electron chi connectivity index (χ3n) is 2.62. The van der Waals surface area contributed by atoms with Gasteiger partial charge in [0.15, 0.2) is 0 Å². The standard InChI is InChI=1S/C10H15F2N5/c1-17(5-7(11)12)9-4-8(16-13)14-10(15-9)6-2-3-6/h4,6-7H,2-3,5,13H2,1H3,(H,14,15,16). The Balaban J connectivity index is 2.22. The zero-order valence-electron chi connectivity index (χ0n) is 9.53. The second-order valence-corrected chi connectivity index (χ2v) is 4.16. The van der Waals surface area contributed by atoms with E-state index in [4.69, 9.17) is 5.84 Å². The molecule has 0 saturated heterocycles. The number of hydrogen-bond donors (Lipinski definition) is 2. The molecule has 0 spiro atoms. The molecule has 5 nitrogen and oxygen atoms in total. The molecule has 94 valence electrons. The second kappa shape index (κ2) is 4.79. The summed E-state index contributed by atoms with van der Waals surface area (Å²) in [4.78, 5) is 9.90. The summed E-state index contributed by atoms with van der Waals surface area (Å²) in [6, 6.07) is 1.56. The van der Waals surface area contributed by atoms with Crippen LogP contribution in [-0.2, 0) is 0 Å². The van der Waals surface area contributed by atoms with Crippen molar-refractivity contribution in [1.29, 1.82) is 0 Å². The van der Waals surface area contributed by atoms with Crippen molar-refractivity contribution in [2.24, 2.45) is 5.84 Å². The topological polar surface area (TPSA) is 67.1 Å². The van der Waals surface area contributed by atoms with Gasteiger partial charge in [-0.05, 0) is 12.8 Å². The summed E-state index contributed by atoms with van der Waals surface area (Å²) in [7, 11) is 1.57. The van der Waals surface area contributed by atoms with Crippen LogP contribution in [0.15, 0.2) is 6.07 Å². The van der Waals surface area contributed by atoms with Crippen molar-refractivity contribution >= 4 is 11.6 Å². The van der Waals surface area contributed by atoms with Crippen LogP contribution in [0.5, 0.6) is 0 Å². The highest BCUT2D eigenvalue weighted by molar-refractivity contribution is 5.49. The van der Waals surface area contributed by atoms with E-state index >= 15 is 0 Å². The minimum Gasteiger partial charge on any atom is -0.354 e. The van der Waals surface area contributed by atoms with Gasteiger partial charge < -0.3 is 10.3 Å². The molecule has 2 rings (SSSR count). The fourth-order valence-electron chi connectivity index (χ4n) is 1.55. The maximum absolute atomic E-state index is 12.3. The molecule has 7 heteroatoms. The molecule has 1 aromatic heterocycles. The Morgan fingerprint density at radius 3 is 2.76 bits per heavy atom. The summed E-state index contributed by atoms with van der Waals surface area (Å²) in [6.45, 7) is -0.356. The number of anilines is 2. The van der Waals surface area contributed by atoms with Gasteiger partial charge >= 0.3 is 0 Å². The van der Waals surface area contributed by atoms with Crippen molar-refractivity contribution in [2.45, 2.75) is 25.2 Å². The average molecular weight is 243 g/mol. The highest BCUT2D eigenvalue weighted by Crippen LogP contribution is 2.39. The molecular weight excluding hydrogens is 228 g/mol. The van der Waals surface area contributed by atoms with E-state index in [0.717, 1.165) is 12.8 Å². The van der Waals surface area contributed by atoms with Crippen LogP contribution in [0, 0.1) is 0 Å². The van der Waals surface area contributed by atoms with Gasteiger partial charge in [-0.1, -0.05) is 0 Å². The molecule has 0 amide bonds. The van der Waals surface area contributed by atoms with Gasteiger partial charge in [-0.25, -0.2) is 24.6 Å². The molecule has 0 aromatic carbocycles. The first kappa shape index (κ1) is 12.0. The minimum atomic E-state index is -2.39. The van der Waals surface area contributed by atoms with Crippen LogP contribution in [0.4, 0.5) is 20.4 Å². The summed E-state index contributed by atoms with van der Waals surface area (Å²) < 4.78 is 24.6. The first-order valence-corrected chi connectivity index (χ1v) is 5.45. The number of nitrogens with one attached hydrogen (secondary N) is 1. The van der Waals surface area contributed by atoms with Gasteiger partial charge in [0.2, 0.25) is 0 Å². The fraction of sp³-hybridized carbons (Fsp3) is 0.600. The Morgan fingerprint density at radius 2 is 2.24 bits per heavy atom. The number of alkyl halides is 2. The molecule has 0 atom stereocenters. The Morgan fingerprint density at radius 1 is 1.53 bits per heavy atom. The van der Waals surface area contributed by atoms with E-state index in [2.05, 4.69) is 15.4 Å². The Kier molecular flexibility index (Phi) is 3.37. The van der Waals surface area contributed by atoms with Crippen molar-refractivity contribution < 1.29 is 8.78 Å². The predicted octanol–water partition coefficient (Wildman–Crippen LogP) is 1.34. The lowest BCUT2D eigenvalue weighted by molar-refractivity contribution is 0.156. The largest absolute Gasteiger partial charge is 0.354 e. The summed E-state index contributed by atoms with van der Waals surface area (Å²) in [6.07, 6.45) is -0.300. The molecule has 1 fully saturated rings. The third-order valence-corrected chi connectivity index (χ3v) is 2.62. The number of nitrogens with two attached hydrogens (primary N) is 1. The average Bonchev–Trinajstić information content (AvgIpc) is 3.11. The molecule has 0 aliphatic heterocycles. The van der Waals surface area contributed by atoms with Crippen LogP contribution in [0.1, 0.15) is 24.6 Å². The first-order chi connectivity index (χ1) is 8.10. The van der Waals surface area contributed by atoms with Gasteiger partial charge in [0, 0.05) is 19.0 Å². The van der Waals surface area contributed by atoms with Gasteiger partial charge in [-0.3, -0.25) is 0 Å². The number of hydrazine groups is 1. The molecule has 0 bridgehead atoms. The van der Waals surface area contributed by atoms with E-state index in [1.807, 2.05) is 0 Å². The number of hydrogen-bond acceptors (Lipinski definition) is 5. The Bertz CT molecular complexity index is 394. The number of nitrogens with zero attached hydrogens (tertiary/aromatic N) is 3. The van der Waals surface area contributed by atoms with E-state index in [9.17, 15) is 8.78 Å². The Labute approximate surface area is 98.0 Å². The molecule has 0 radical (unpaired) electrons. The minimum absolute atomic E-state index is 0.349. The molecule has 1 saturated carbocycles. The molecule has 0 unspecified atom stereocenters. The first-order valence-electron chi connectivity index (χ1n) is 5.45. The van der Waals surface area contributed by atoms with Crippen LogP contribution in [0.25, 0.3) is 0 Å². The highest BCUT2D eigenvalue weighted by atomic mass is 19.3. The number of rotatable bonds is 5. The van der Waals surface area contributed by atoms with E-state index in [1.54, 1.807) is 13.1 Å². The Hall–Kier alpha value is -1.50. The van der Waals surface area contributed by atoms with E-state index in [1.165, 1.54) is 4.90 Å². The van der Waals surface area contributed by atoms with Crippen LogP contribution < -0.4 is 16.2 Å². The van der Waals surface area contributed by atoms with E-state index in [0.29, 0.717) is 23.4 Å². The van der Waals surface area contributed by atoms with Gasteiger partial charge in [-0.15, -0.1) is 0 Å². The predicted molar refractivity (Wildman–Crippen MR) is 61.1 cm³/mol. The SMILES string of the molecule is CN(CC(F)F)c1cc(NN)nc(C2CC2)n1. The molecule has 1 aromatic rings. The second-order valence-electron chi connectivity index (χ2n) is 4.16. The van der Waals surface area contributed by atoms with Crippen molar-refractivity contribution in [1.82, 2.24) is 9.97 Å². The van der Waals surface area contributed by atoms with Gasteiger partial charge in [0.25, 0.3) is 6.43 Å². The monoisotopic (exact) mass is 243 g/mol. The van der Waals surface area contributed by atoms with Crippen molar-refractivity contribution in [3.8, 4) is 0 Å². The number of halogens is 2. The molecule has 3 N–H and O–H groups in total. The van der Waals surface area contributed by atoms with Crippen LogP contribution in [0.3, 0.4) is 0 Å². The van der Waals surface area contributed by atoms with Crippen LogP contribution in [-0.4, -0.2) is 30.0 Å². The van der Waals surface area contributed by atoms with Crippen molar-refractivity contribution in [3.05, 3.63) is 11.9 Å². The quantitative estimate of drug-likeness (QED) is 0.603. The summed E-state index contributed by atoms with van der Waals surface area (Å²) in [5.74, 6) is 7.25. The maximum atomic E-state index is 12.3. The highest BCUT2D eigenvalue weighted by Gasteiger charge is 2.27. The lowest BCUT2D eigenvalue weighted by Gasteiger charge is -2.18. The van der Waals surface area contributed by atoms with E-state index < -0.39 is 6.43 Å². The molecule has 1 aliphatic carbocycles. The summed E-state index contributed by atoms with van der Waals surface area (Å²) in [5.41, 5.74) is 2.43. The van der Waals surface area contributed by atoms with Crippen molar-refractivity contribution in [2.75, 3.05) is 23.9 Å². The van der Waals surface area contributed by atoms with Gasteiger partial charge in [0.05, 0.1) is 6.54 Å². The molecule has 17 heavy (non-hydrogen) atoms. The third kappa shape index (κ3) is 3.00. The van der Waals surface area contributed by atoms with E-state index in [-0.39, 0.29) is 6.54 Å². The normalized spacial score (nSPS) is 15.1. The van der Waals surface area contributed by atoms with Crippen LogP contribution in [0.2, 0.25) is 0 Å². The lowest BCUT2D eigenvalue weighted by atomic mass is 10.3. The van der Waals surface area contributed by atoms with Gasteiger partial charge in [-0.2, -0.15) is 0 Å². The zero-order valence-corrected chi connectivity index (χ0v) is 9.53. The zero-order chi connectivity index (χ0) is 12.4. The maximum Gasteiger partial charge on any atom is 0.255 e. The molecule has 1 aliphatic rings. The van der Waals surface area contributed by atoms with Crippen molar-refractivity contribution in [3.63, 3.8) is 0 Å². The number of aromatic nitrogens is 2. The van der Waals surface area contributed by atoms with Gasteiger partial charge in [0.1, 0.15) is 17.5 Å². The molecular formula is C10H15F2N5. The number of nitrogen functional groups attached to an aromatic ring is 1. The fourth-order valence-corrected chi connectivity index (χ4v) is 1.55. The van der Waals surface area contributed by atoms with Crippen LogP contribution >= 0.6 is 0 Å².